The number of nitrogens with zero attached hydrogens (tertiary/aromatic N) is 1. The van der Waals surface area contributed by atoms with Crippen molar-refractivity contribution in [3.63, 3.8) is 0 Å². The van der Waals surface area contributed by atoms with E-state index >= 15 is 0 Å². The molecule has 0 aliphatic carbocycles. The molecule has 0 saturated heterocycles. The Kier molecular flexibility index (Phi) is 4.93. The third-order valence-electron chi connectivity index (χ3n) is 3.58. The quantitative estimate of drug-likeness (QED) is 0.871. The molecule has 22 heavy (non-hydrogen) atoms. The first-order chi connectivity index (χ1) is 10.4. The predicted octanol–water partition coefficient (Wildman–Crippen LogP) is 4.01. The highest BCUT2D eigenvalue weighted by atomic mass is 32.1. The molecule has 2 aromatic carbocycles. The predicted molar refractivity (Wildman–Crippen MR) is 95.3 cm³/mol. The van der Waals surface area contributed by atoms with Gasteiger partial charge in [-0.3, -0.25) is 9.69 Å². The van der Waals surface area contributed by atoms with Crippen molar-refractivity contribution >= 4 is 28.9 Å². The number of amides is 1. The van der Waals surface area contributed by atoms with Crippen molar-refractivity contribution in [2.75, 3.05) is 4.90 Å². The summed E-state index contributed by atoms with van der Waals surface area (Å²) in [6.45, 7) is 6.17. The van der Waals surface area contributed by atoms with E-state index in [4.69, 9.17) is 18.0 Å². The molecule has 0 aliphatic heterocycles. The summed E-state index contributed by atoms with van der Waals surface area (Å²) in [5.41, 5.74) is 9.24. The monoisotopic (exact) mass is 312 g/mol. The van der Waals surface area contributed by atoms with E-state index in [2.05, 4.69) is 19.9 Å². The van der Waals surface area contributed by atoms with Crippen LogP contribution in [0.5, 0.6) is 0 Å². The maximum atomic E-state index is 12.8. The molecule has 0 saturated carbocycles. The van der Waals surface area contributed by atoms with Crippen LogP contribution in [0.3, 0.4) is 0 Å². The van der Waals surface area contributed by atoms with E-state index < -0.39 is 0 Å². The van der Waals surface area contributed by atoms with Crippen molar-refractivity contribution in [2.24, 2.45) is 5.73 Å². The number of carbonyl (C=O) groups is 1. The summed E-state index contributed by atoms with van der Waals surface area (Å²) in [5, 5.41) is 0.0536. The van der Waals surface area contributed by atoms with E-state index in [0.717, 1.165) is 16.8 Å². The first-order valence-electron chi connectivity index (χ1n) is 7.21. The lowest BCUT2D eigenvalue weighted by Gasteiger charge is -2.24. The van der Waals surface area contributed by atoms with Crippen LogP contribution >= 0.6 is 12.2 Å². The Morgan fingerprint density at radius 3 is 2.32 bits per heavy atom. The number of benzene rings is 2. The molecule has 0 unspecified atom stereocenters. The summed E-state index contributed by atoms with van der Waals surface area (Å²) in [5.74, 6) is 0.150. The number of nitrogens with two attached hydrogens (primary N) is 1. The normalized spacial score (nSPS) is 10.5. The van der Waals surface area contributed by atoms with Gasteiger partial charge in [-0.2, -0.15) is 0 Å². The molecule has 0 heterocycles. The van der Waals surface area contributed by atoms with Crippen molar-refractivity contribution < 1.29 is 4.79 Å². The van der Waals surface area contributed by atoms with Crippen molar-refractivity contribution in [1.29, 1.82) is 0 Å². The third-order valence-corrected chi connectivity index (χ3v) is 3.77. The minimum atomic E-state index is -0.211. The molecule has 0 atom stereocenters. The summed E-state index contributed by atoms with van der Waals surface area (Å²) in [6.07, 6.45) is 0. The van der Waals surface area contributed by atoms with Gasteiger partial charge in [-0.1, -0.05) is 44.2 Å². The fraction of sp³-hybridized carbons (Fsp3) is 0.222. The number of anilines is 1. The van der Waals surface area contributed by atoms with Crippen molar-refractivity contribution in [2.45, 2.75) is 26.7 Å². The van der Waals surface area contributed by atoms with Crippen molar-refractivity contribution in [3.05, 3.63) is 65.2 Å². The van der Waals surface area contributed by atoms with Gasteiger partial charge in [0, 0.05) is 5.56 Å². The molecule has 0 fully saturated rings. The Morgan fingerprint density at radius 2 is 1.77 bits per heavy atom. The molecule has 4 heteroatoms. The van der Waals surface area contributed by atoms with Crippen LogP contribution in [0.2, 0.25) is 0 Å². The molecule has 2 aromatic rings. The molecule has 0 radical (unpaired) electrons. The lowest BCUT2D eigenvalue weighted by molar-refractivity contribution is 0.100. The molecule has 114 valence electrons. The van der Waals surface area contributed by atoms with E-state index in [1.165, 1.54) is 4.90 Å². The molecular formula is C18H20N2OS. The van der Waals surface area contributed by atoms with Gasteiger partial charge in [0.25, 0.3) is 5.91 Å². The van der Waals surface area contributed by atoms with Gasteiger partial charge in [-0.15, -0.1) is 0 Å². The zero-order chi connectivity index (χ0) is 16.3. The fourth-order valence-corrected chi connectivity index (χ4v) is 2.45. The minimum absolute atomic E-state index is 0.0536. The molecule has 0 bridgehead atoms. The SMILES string of the molecule is Cc1ccc(C(C)C)cc1N(C(=O)c1ccccc1)C(N)=S. The lowest BCUT2D eigenvalue weighted by Crippen LogP contribution is -2.41. The van der Waals surface area contributed by atoms with Crippen molar-refractivity contribution in [3.8, 4) is 0 Å². The molecular weight excluding hydrogens is 292 g/mol. The highest BCUT2D eigenvalue weighted by Gasteiger charge is 2.22. The summed E-state index contributed by atoms with van der Waals surface area (Å²) in [6, 6.07) is 15.1. The van der Waals surface area contributed by atoms with Gasteiger partial charge >= 0.3 is 0 Å². The molecule has 3 nitrogen and oxygen atoms in total. The smallest absolute Gasteiger partial charge is 0.264 e. The summed E-state index contributed by atoms with van der Waals surface area (Å²) < 4.78 is 0. The molecule has 1 amide bonds. The van der Waals surface area contributed by atoms with E-state index in [1.54, 1.807) is 12.1 Å². The topological polar surface area (TPSA) is 46.3 Å². The van der Waals surface area contributed by atoms with Gasteiger partial charge in [-0.25, -0.2) is 0 Å². The number of rotatable bonds is 3. The Hall–Kier alpha value is -2.20. The highest BCUT2D eigenvalue weighted by Crippen LogP contribution is 2.27. The molecule has 2 rings (SSSR count). The molecule has 0 aromatic heterocycles. The zero-order valence-electron chi connectivity index (χ0n) is 13.0. The fourth-order valence-electron chi connectivity index (χ4n) is 2.26. The van der Waals surface area contributed by atoms with Crippen LogP contribution in [-0.2, 0) is 0 Å². The molecule has 0 aliphatic rings. The van der Waals surface area contributed by atoms with Gasteiger partial charge < -0.3 is 5.73 Å². The van der Waals surface area contributed by atoms with Gasteiger partial charge in [0.05, 0.1) is 5.69 Å². The van der Waals surface area contributed by atoms with Gasteiger partial charge in [0.2, 0.25) is 0 Å². The maximum Gasteiger partial charge on any atom is 0.264 e. The molecule has 0 spiro atoms. The standard InChI is InChI=1S/C18H20N2OS/c1-12(2)15-10-9-13(3)16(11-15)20(18(19)22)17(21)14-7-5-4-6-8-14/h4-12H,1-3H3,(H2,19,22). The Morgan fingerprint density at radius 1 is 1.14 bits per heavy atom. The number of thiocarbonyl (C=S) groups is 1. The largest absolute Gasteiger partial charge is 0.376 e. The summed E-state index contributed by atoms with van der Waals surface area (Å²) in [4.78, 5) is 14.2. The second kappa shape index (κ2) is 6.71. The molecule has 2 N–H and O–H groups in total. The lowest BCUT2D eigenvalue weighted by atomic mass is 10.00. The van der Waals surface area contributed by atoms with Crippen LogP contribution < -0.4 is 10.6 Å². The first-order valence-corrected chi connectivity index (χ1v) is 7.62. The zero-order valence-corrected chi connectivity index (χ0v) is 13.9. The van der Waals surface area contributed by atoms with E-state index in [1.807, 2.05) is 37.3 Å². The highest BCUT2D eigenvalue weighted by molar-refractivity contribution is 7.80. The Balaban J connectivity index is 2.51. The minimum Gasteiger partial charge on any atom is -0.376 e. The van der Waals surface area contributed by atoms with Crippen LogP contribution in [0.1, 0.15) is 41.3 Å². The summed E-state index contributed by atoms with van der Waals surface area (Å²) >= 11 is 5.13. The number of aryl methyl sites for hydroxylation is 1. The van der Waals surface area contributed by atoms with Crippen LogP contribution in [0.4, 0.5) is 5.69 Å². The number of carbonyl (C=O) groups excluding carboxylic acids is 1. The Bertz CT molecular complexity index is 695. The Labute approximate surface area is 136 Å². The summed E-state index contributed by atoms with van der Waals surface area (Å²) in [7, 11) is 0. The maximum absolute atomic E-state index is 12.8. The van der Waals surface area contributed by atoms with E-state index in [9.17, 15) is 4.79 Å². The number of hydrogen-bond donors (Lipinski definition) is 1. The third kappa shape index (κ3) is 3.34. The van der Waals surface area contributed by atoms with E-state index in [-0.39, 0.29) is 11.0 Å². The van der Waals surface area contributed by atoms with Gasteiger partial charge in [0.15, 0.2) is 5.11 Å². The second-order valence-corrected chi connectivity index (χ2v) is 5.96. The first kappa shape index (κ1) is 16.2. The van der Waals surface area contributed by atoms with Crippen LogP contribution in [0, 0.1) is 6.92 Å². The van der Waals surface area contributed by atoms with E-state index in [0.29, 0.717) is 11.5 Å². The van der Waals surface area contributed by atoms with Gasteiger partial charge in [-0.05, 0) is 54.4 Å². The van der Waals surface area contributed by atoms with Gasteiger partial charge in [0.1, 0.15) is 0 Å². The average Bonchev–Trinajstić information content (AvgIpc) is 2.49. The average molecular weight is 312 g/mol. The van der Waals surface area contributed by atoms with Crippen molar-refractivity contribution in [1.82, 2.24) is 0 Å². The van der Waals surface area contributed by atoms with Crippen LogP contribution in [0.25, 0.3) is 0 Å². The second-order valence-electron chi connectivity index (χ2n) is 5.55. The van der Waals surface area contributed by atoms with Crippen LogP contribution in [-0.4, -0.2) is 11.0 Å². The number of hydrogen-bond acceptors (Lipinski definition) is 2. The van der Waals surface area contributed by atoms with Crippen LogP contribution in [0.15, 0.2) is 48.5 Å².